The van der Waals surface area contributed by atoms with Crippen LogP contribution in [0.2, 0.25) is 0 Å². The monoisotopic (exact) mass is 376 g/mol. The topological polar surface area (TPSA) is 108 Å². The molecule has 0 aliphatic heterocycles. The maximum atomic E-state index is 13.3. The van der Waals surface area contributed by atoms with Crippen molar-refractivity contribution >= 4 is 11.0 Å². The number of pyridine rings is 2. The number of benzene rings is 1. The van der Waals surface area contributed by atoms with Crippen LogP contribution in [0, 0.1) is 34.7 Å². The van der Waals surface area contributed by atoms with Gasteiger partial charge in [-0.25, -0.2) is 0 Å². The molecule has 0 N–H and O–H groups in total. The van der Waals surface area contributed by atoms with Gasteiger partial charge < -0.3 is 20.8 Å². The van der Waals surface area contributed by atoms with E-state index in [0.29, 0.717) is 18.9 Å². The number of fused-ring (bicyclic) bond motifs is 1. The maximum Gasteiger partial charge on any atom is 0.371 e. The number of nitrogens with zero attached hydrogens (tertiary/aromatic N) is 4. The molecule has 28 heavy (non-hydrogen) atoms. The Kier molecular flexibility index (Phi) is 3.96. The molecule has 8 heteroatoms. The summed E-state index contributed by atoms with van der Waals surface area (Å²) < 4.78 is 2.08. The molecular formula is C20H16N4O4. The molecule has 3 aromatic heterocycles. The summed E-state index contributed by atoms with van der Waals surface area (Å²) in [6.45, 7) is 3.66. The largest absolute Gasteiger partial charge is 0.618 e. The van der Waals surface area contributed by atoms with Gasteiger partial charge in [0.2, 0.25) is 0 Å². The van der Waals surface area contributed by atoms with Crippen LogP contribution in [0.15, 0.2) is 60.9 Å². The van der Waals surface area contributed by atoms with E-state index in [2.05, 4.69) is 0 Å². The Hall–Kier alpha value is -3.94. The molecule has 0 saturated heterocycles. The van der Waals surface area contributed by atoms with E-state index in [1.807, 2.05) is 13.8 Å². The second-order valence-electron chi connectivity index (χ2n) is 6.53. The summed E-state index contributed by atoms with van der Waals surface area (Å²) in [6, 6.07) is 12.3. The number of aryl methyl sites for hydroxylation is 2. The van der Waals surface area contributed by atoms with Crippen molar-refractivity contribution in [2.45, 2.75) is 13.8 Å². The summed E-state index contributed by atoms with van der Waals surface area (Å²) in [4.78, 5) is 0. The standard InChI is InChI=1S/C20H16N4O4/c1-13-11-17-18(12-14(13)2)24(28)20(16-8-4-6-10-22(16)26)19(23(17)27)15-7-3-5-9-21(15)25/h3-12H,1-2H3. The van der Waals surface area contributed by atoms with Gasteiger partial charge in [-0.1, -0.05) is 0 Å². The molecule has 140 valence electrons. The molecule has 8 nitrogen and oxygen atoms in total. The van der Waals surface area contributed by atoms with Gasteiger partial charge in [-0.3, -0.25) is 0 Å². The summed E-state index contributed by atoms with van der Waals surface area (Å²) in [6.07, 6.45) is 2.46. The van der Waals surface area contributed by atoms with Crippen LogP contribution in [0.1, 0.15) is 11.1 Å². The first-order valence-electron chi connectivity index (χ1n) is 8.57. The van der Waals surface area contributed by atoms with Crippen LogP contribution in [0.3, 0.4) is 0 Å². The van der Waals surface area contributed by atoms with Gasteiger partial charge in [0.15, 0.2) is 12.4 Å². The van der Waals surface area contributed by atoms with Crippen LogP contribution in [0.5, 0.6) is 0 Å². The molecular weight excluding hydrogens is 360 g/mol. The third-order valence-electron chi connectivity index (χ3n) is 4.79. The number of aromatic nitrogens is 4. The average Bonchev–Trinajstić information content (AvgIpc) is 2.68. The van der Waals surface area contributed by atoms with Crippen molar-refractivity contribution in [2.75, 3.05) is 0 Å². The van der Waals surface area contributed by atoms with Gasteiger partial charge in [0.25, 0.3) is 22.4 Å². The molecule has 0 bridgehead atoms. The third-order valence-corrected chi connectivity index (χ3v) is 4.79. The van der Waals surface area contributed by atoms with Gasteiger partial charge in [0.05, 0.1) is 0 Å². The minimum atomic E-state index is -0.183. The summed E-state index contributed by atoms with van der Waals surface area (Å²) in [7, 11) is 0. The average molecular weight is 376 g/mol. The Balaban J connectivity index is 2.25. The Bertz CT molecular complexity index is 1140. The highest BCUT2D eigenvalue weighted by Crippen LogP contribution is 2.25. The molecule has 4 aromatic rings. The molecule has 4 rings (SSSR count). The van der Waals surface area contributed by atoms with E-state index >= 15 is 0 Å². The van der Waals surface area contributed by atoms with Gasteiger partial charge in [-0.2, -0.15) is 9.46 Å². The molecule has 0 aliphatic rings. The number of hydrogen-bond donors (Lipinski definition) is 0. The second kappa shape index (κ2) is 6.34. The van der Waals surface area contributed by atoms with E-state index in [9.17, 15) is 20.8 Å². The lowest BCUT2D eigenvalue weighted by atomic mass is 10.1. The van der Waals surface area contributed by atoms with E-state index in [0.717, 1.165) is 11.1 Å². The van der Waals surface area contributed by atoms with Crippen molar-refractivity contribution in [3.63, 3.8) is 0 Å². The van der Waals surface area contributed by atoms with Crippen molar-refractivity contribution < 1.29 is 18.9 Å². The number of hydrogen-bond acceptors (Lipinski definition) is 4. The predicted molar refractivity (Wildman–Crippen MR) is 100 cm³/mol. The molecule has 0 fully saturated rings. The minimum absolute atomic E-state index is 0.0268. The van der Waals surface area contributed by atoms with Crippen molar-refractivity contribution in [1.29, 1.82) is 0 Å². The Morgan fingerprint density at radius 3 is 1.36 bits per heavy atom. The zero-order valence-electron chi connectivity index (χ0n) is 15.2. The van der Waals surface area contributed by atoms with E-state index in [4.69, 9.17) is 0 Å². The van der Waals surface area contributed by atoms with Gasteiger partial charge >= 0.3 is 11.4 Å². The van der Waals surface area contributed by atoms with E-state index in [-0.39, 0.29) is 33.8 Å². The number of rotatable bonds is 2. The lowest BCUT2D eigenvalue weighted by molar-refractivity contribution is -0.641. The molecule has 0 spiro atoms. The van der Waals surface area contributed by atoms with Gasteiger partial charge in [-0.15, -0.1) is 9.46 Å². The highest BCUT2D eigenvalue weighted by atomic mass is 16.5. The van der Waals surface area contributed by atoms with Crippen molar-refractivity contribution in [1.82, 2.24) is 0 Å². The van der Waals surface area contributed by atoms with Crippen LogP contribution in [-0.2, 0) is 0 Å². The zero-order valence-corrected chi connectivity index (χ0v) is 15.2. The first kappa shape index (κ1) is 17.5. The molecule has 0 aliphatic carbocycles. The summed E-state index contributed by atoms with van der Waals surface area (Å²) in [5, 5.41) is 51.4. The maximum absolute atomic E-state index is 13.3. The SMILES string of the molecule is Cc1cc2c(cc1C)[n+]([O-])c(-c1cccc[n+]1[O-])c(-c1cccc[n+]1[O-])[n+]2[O-]. The van der Waals surface area contributed by atoms with Crippen molar-refractivity contribution in [3.05, 3.63) is 92.9 Å². The fraction of sp³-hybridized carbons (Fsp3) is 0.100. The van der Waals surface area contributed by atoms with Crippen molar-refractivity contribution in [3.8, 4) is 22.8 Å². The highest BCUT2D eigenvalue weighted by Gasteiger charge is 2.39. The lowest BCUT2D eigenvalue weighted by Crippen LogP contribution is -2.47. The highest BCUT2D eigenvalue weighted by molar-refractivity contribution is 5.76. The normalized spacial score (nSPS) is 11.1. The second-order valence-corrected chi connectivity index (χ2v) is 6.53. The van der Waals surface area contributed by atoms with Crippen LogP contribution < -0.4 is 18.9 Å². The van der Waals surface area contributed by atoms with E-state index in [1.165, 1.54) is 36.7 Å². The van der Waals surface area contributed by atoms with Gasteiger partial charge in [-0.05, 0) is 37.1 Å². The Labute approximate surface area is 160 Å². The molecule has 0 unspecified atom stereocenters. The van der Waals surface area contributed by atoms with E-state index in [1.54, 1.807) is 24.3 Å². The Morgan fingerprint density at radius 1 is 0.607 bits per heavy atom. The zero-order chi connectivity index (χ0) is 20.0. The first-order chi connectivity index (χ1) is 13.4. The molecule has 1 aromatic carbocycles. The summed E-state index contributed by atoms with van der Waals surface area (Å²) >= 11 is 0. The molecule has 0 saturated carbocycles. The van der Waals surface area contributed by atoms with Gasteiger partial charge in [0, 0.05) is 36.4 Å². The van der Waals surface area contributed by atoms with E-state index < -0.39 is 0 Å². The van der Waals surface area contributed by atoms with Crippen LogP contribution in [-0.4, -0.2) is 0 Å². The minimum Gasteiger partial charge on any atom is -0.618 e. The van der Waals surface area contributed by atoms with Gasteiger partial charge in [0.1, 0.15) is 0 Å². The van der Waals surface area contributed by atoms with Crippen LogP contribution in [0.25, 0.3) is 33.8 Å². The fourth-order valence-electron chi connectivity index (χ4n) is 3.22. The molecule has 3 heterocycles. The smallest absolute Gasteiger partial charge is 0.371 e. The summed E-state index contributed by atoms with van der Waals surface area (Å²) in [5.74, 6) is 0. The third kappa shape index (κ3) is 2.54. The molecule has 0 atom stereocenters. The van der Waals surface area contributed by atoms with Crippen LogP contribution >= 0.6 is 0 Å². The quantitative estimate of drug-likeness (QED) is 0.388. The summed E-state index contributed by atoms with van der Waals surface area (Å²) in [5.41, 5.74) is 1.48. The van der Waals surface area contributed by atoms with Crippen molar-refractivity contribution in [2.24, 2.45) is 0 Å². The Morgan fingerprint density at radius 2 is 1.00 bits per heavy atom. The predicted octanol–water partition coefficient (Wildman–Crippen LogP) is 1.32. The molecule has 0 radical (unpaired) electrons. The lowest BCUT2D eigenvalue weighted by Gasteiger charge is -2.13. The fourth-order valence-corrected chi connectivity index (χ4v) is 3.22. The van der Waals surface area contributed by atoms with Crippen LogP contribution in [0.4, 0.5) is 0 Å². The first-order valence-corrected chi connectivity index (χ1v) is 8.57. The molecule has 0 amide bonds.